The number of rotatable bonds is 0. The Bertz CT molecular complexity index is 431. The second kappa shape index (κ2) is 3.99. The van der Waals surface area contributed by atoms with Crippen molar-refractivity contribution in [2.24, 2.45) is 34.5 Å². The van der Waals surface area contributed by atoms with E-state index in [2.05, 4.69) is 38.2 Å². The smallest absolute Gasteiger partial charge is 0.00496 e. The molecule has 0 bridgehead atoms. The summed E-state index contributed by atoms with van der Waals surface area (Å²) in [5, 5.41) is 0. The first-order valence-corrected chi connectivity index (χ1v) is 8.49. The van der Waals surface area contributed by atoms with Crippen LogP contribution in [0, 0.1) is 34.5 Å². The number of fused-ring (bicyclic) bond motifs is 5. The van der Waals surface area contributed by atoms with Crippen molar-refractivity contribution >= 4 is 0 Å². The minimum Gasteiger partial charge on any atom is -0.0806 e. The van der Waals surface area contributed by atoms with E-state index >= 15 is 0 Å². The van der Waals surface area contributed by atoms with E-state index in [-0.39, 0.29) is 0 Å². The van der Waals surface area contributed by atoms with E-state index in [1.165, 1.54) is 44.9 Å². The molecule has 3 saturated carbocycles. The average molecular weight is 256 g/mol. The molecule has 0 radical (unpaired) electrons. The molecule has 0 spiro atoms. The lowest BCUT2D eigenvalue weighted by Crippen LogP contribution is -2.50. The first-order valence-electron chi connectivity index (χ1n) is 8.49. The summed E-state index contributed by atoms with van der Waals surface area (Å²) in [6.07, 6.45) is 20.1. The van der Waals surface area contributed by atoms with Gasteiger partial charge in [-0.25, -0.2) is 0 Å². The summed E-state index contributed by atoms with van der Waals surface area (Å²) in [5.41, 5.74) is 1.18. The molecule has 0 saturated heterocycles. The van der Waals surface area contributed by atoms with Gasteiger partial charge in [0.15, 0.2) is 0 Å². The highest BCUT2D eigenvalue weighted by atomic mass is 14.6. The Morgan fingerprint density at radius 2 is 1.79 bits per heavy atom. The highest BCUT2D eigenvalue weighted by Crippen LogP contribution is 2.64. The van der Waals surface area contributed by atoms with E-state index in [0.717, 1.165) is 23.7 Å². The van der Waals surface area contributed by atoms with Gasteiger partial charge in [-0.2, -0.15) is 0 Å². The first kappa shape index (κ1) is 12.2. The van der Waals surface area contributed by atoms with Crippen LogP contribution in [0.15, 0.2) is 24.3 Å². The maximum atomic E-state index is 2.60. The second-order valence-corrected chi connectivity index (χ2v) is 8.26. The normalized spacial score (nSPS) is 55.5. The van der Waals surface area contributed by atoms with E-state index in [4.69, 9.17) is 0 Å². The summed E-state index contributed by atoms with van der Waals surface area (Å²) in [4.78, 5) is 0. The predicted octanol–water partition coefficient (Wildman–Crippen LogP) is 5.36. The van der Waals surface area contributed by atoms with Crippen LogP contribution in [0.5, 0.6) is 0 Å². The van der Waals surface area contributed by atoms with Gasteiger partial charge in [-0.15, -0.1) is 0 Å². The molecule has 104 valence electrons. The molecule has 19 heavy (non-hydrogen) atoms. The molecule has 4 rings (SSSR count). The van der Waals surface area contributed by atoms with Crippen LogP contribution >= 0.6 is 0 Å². The van der Waals surface area contributed by atoms with Crippen molar-refractivity contribution < 1.29 is 0 Å². The van der Waals surface area contributed by atoms with Crippen LogP contribution in [0.4, 0.5) is 0 Å². The third-order valence-corrected chi connectivity index (χ3v) is 7.54. The van der Waals surface area contributed by atoms with E-state index in [1.54, 1.807) is 0 Å². The zero-order chi connectivity index (χ0) is 13.1. The van der Waals surface area contributed by atoms with Crippen LogP contribution in [0.25, 0.3) is 0 Å². The summed E-state index contributed by atoms with van der Waals surface area (Å²) in [6, 6.07) is 0. The number of hydrogen-bond acceptors (Lipinski definition) is 0. The van der Waals surface area contributed by atoms with E-state index in [0.29, 0.717) is 10.8 Å². The maximum absolute atomic E-state index is 2.60. The molecular formula is C19H28. The highest BCUT2D eigenvalue weighted by Gasteiger charge is 2.55. The summed E-state index contributed by atoms with van der Waals surface area (Å²) < 4.78 is 0. The largest absolute Gasteiger partial charge is 0.0806 e. The zero-order valence-electron chi connectivity index (χ0n) is 12.6. The van der Waals surface area contributed by atoms with Gasteiger partial charge in [-0.1, -0.05) is 44.6 Å². The molecule has 1 unspecified atom stereocenters. The Labute approximate surface area is 118 Å². The number of hydrogen-bond donors (Lipinski definition) is 0. The van der Waals surface area contributed by atoms with Crippen molar-refractivity contribution in [2.45, 2.75) is 58.8 Å². The minimum atomic E-state index is 0.474. The number of allylic oxidation sites excluding steroid dienone is 4. The second-order valence-electron chi connectivity index (χ2n) is 8.26. The molecule has 4 aliphatic carbocycles. The van der Waals surface area contributed by atoms with Crippen molar-refractivity contribution in [3.05, 3.63) is 24.3 Å². The quantitative estimate of drug-likeness (QED) is 0.547. The molecule has 0 aromatic rings. The lowest BCUT2D eigenvalue weighted by Gasteiger charge is -2.57. The summed E-state index contributed by atoms with van der Waals surface area (Å²) >= 11 is 0. The minimum absolute atomic E-state index is 0.474. The molecular weight excluding hydrogens is 228 g/mol. The molecule has 0 aliphatic heterocycles. The van der Waals surface area contributed by atoms with E-state index in [1.807, 2.05) is 0 Å². The molecule has 3 fully saturated rings. The van der Waals surface area contributed by atoms with Gasteiger partial charge in [0.2, 0.25) is 0 Å². The van der Waals surface area contributed by atoms with Crippen molar-refractivity contribution in [1.82, 2.24) is 0 Å². The van der Waals surface area contributed by atoms with Gasteiger partial charge >= 0.3 is 0 Å². The van der Waals surface area contributed by atoms with E-state index < -0.39 is 0 Å². The fourth-order valence-electron chi connectivity index (χ4n) is 6.43. The summed E-state index contributed by atoms with van der Waals surface area (Å²) in [7, 11) is 0. The van der Waals surface area contributed by atoms with Crippen LogP contribution in [-0.2, 0) is 0 Å². The van der Waals surface area contributed by atoms with Crippen LogP contribution in [0.3, 0.4) is 0 Å². The topological polar surface area (TPSA) is 0 Å². The third kappa shape index (κ3) is 1.58. The Morgan fingerprint density at radius 3 is 2.68 bits per heavy atom. The van der Waals surface area contributed by atoms with Crippen LogP contribution in [0.2, 0.25) is 0 Å². The molecule has 0 nitrogen and oxygen atoms in total. The van der Waals surface area contributed by atoms with Crippen LogP contribution in [-0.4, -0.2) is 0 Å². The SMILES string of the molecule is C[C@@]12CCC[C@H]1[C@@H]1CCC3C=CC=C[C@]3(C)[C@H]1CC2. The van der Waals surface area contributed by atoms with Gasteiger partial charge in [0, 0.05) is 0 Å². The molecule has 4 aliphatic rings. The molecule has 0 heteroatoms. The first-order chi connectivity index (χ1) is 9.13. The lowest BCUT2D eigenvalue weighted by molar-refractivity contribution is -0.0539. The zero-order valence-corrected chi connectivity index (χ0v) is 12.6. The van der Waals surface area contributed by atoms with E-state index in [9.17, 15) is 0 Å². The van der Waals surface area contributed by atoms with Gasteiger partial charge < -0.3 is 0 Å². The molecule has 0 aromatic carbocycles. The van der Waals surface area contributed by atoms with Gasteiger partial charge in [0.1, 0.15) is 0 Å². The molecule has 0 amide bonds. The average Bonchev–Trinajstić information content (AvgIpc) is 2.79. The summed E-state index contributed by atoms with van der Waals surface area (Å²) in [6.45, 7) is 5.16. The van der Waals surface area contributed by atoms with Crippen molar-refractivity contribution in [3.8, 4) is 0 Å². The third-order valence-electron chi connectivity index (χ3n) is 7.54. The van der Waals surface area contributed by atoms with Gasteiger partial charge in [-0.3, -0.25) is 0 Å². The van der Waals surface area contributed by atoms with Crippen LogP contribution < -0.4 is 0 Å². The molecule has 0 N–H and O–H groups in total. The molecule has 6 atom stereocenters. The molecule has 0 aromatic heterocycles. The van der Waals surface area contributed by atoms with Crippen molar-refractivity contribution in [3.63, 3.8) is 0 Å². The van der Waals surface area contributed by atoms with Crippen molar-refractivity contribution in [1.29, 1.82) is 0 Å². The van der Waals surface area contributed by atoms with Crippen LogP contribution in [0.1, 0.15) is 58.8 Å². The maximum Gasteiger partial charge on any atom is -0.00496 e. The van der Waals surface area contributed by atoms with Gasteiger partial charge in [-0.05, 0) is 73.0 Å². The lowest BCUT2D eigenvalue weighted by atomic mass is 9.47. The van der Waals surface area contributed by atoms with Crippen molar-refractivity contribution in [2.75, 3.05) is 0 Å². The Morgan fingerprint density at radius 1 is 0.895 bits per heavy atom. The Balaban J connectivity index is 1.69. The standard InChI is InChI=1S/C19H28/c1-18-11-5-7-16(18)15-9-8-14-6-3-4-12-19(14,2)17(15)10-13-18/h3-4,6,12,14-17H,5,7-11,13H2,1-2H3/t14?,15-,16-,17-,18-,19-/m0/s1. The predicted molar refractivity (Wildman–Crippen MR) is 80.8 cm³/mol. The summed E-state index contributed by atoms with van der Waals surface area (Å²) in [5.74, 6) is 3.86. The monoisotopic (exact) mass is 256 g/mol. The Hall–Kier alpha value is -0.520. The highest BCUT2D eigenvalue weighted by molar-refractivity contribution is 5.23. The fourth-order valence-corrected chi connectivity index (χ4v) is 6.43. The molecule has 0 heterocycles. The Kier molecular flexibility index (Phi) is 2.57. The van der Waals surface area contributed by atoms with Gasteiger partial charge in [0.25, 0.3) is 0 Å². The fraction of sp³-hybridized carbons (Fsp3) is 0.789. The van der Waals surface area contributed by atoms with Gasteiger partial charge in [0.05, 0.1) is 0 Å².